The summed E-state index contributed by atoms with van der Waals surface area (Å²) in [6.45, 7) is 2.56. The second-order valence-electron chi connectivity index (χ2n) is 8.15. The minimum atomic E-state index is -0.926. The number of guanidine groups is 1. The Morgan fingerprint density at radius 3 is 3.03 bits per heavy atom. The Morgan fingerprint density at radius 2 is 2.23 bits per heavy atom. The number of likely N-dealkylation sites (tertiary alicyclic amines) is 1. The third-order valence-electron chi connectivity index (χ3n) is 6.17. The summed E-state index contributed by atoms with van der Waals surface area (Å²) < 4.78 is 6.26. The molecule has 0 spiro atoms. The number of carbonyl (C=O) groups is 2. The average molecular weight is 424 g/mol. The van der Waals surface area contributed by atoms with Crippen molar-refractivity contribution in [1.29, 1.82) is 0 Å². The third-order valence-corrected chi connectivity index (χ3v) is 6.17. The molecule has 0 aromatic heterocycles. The predicted octanol–water partition coefficient (Wildman–Crippen LogP) is -1.15. The molecular weight excluding hydrogens is 400 g/mol. The van der Waals surface area contributed by atoms with Crippen molar-refractivity contribution in [2.24, 2.45) is 27.4 Å². The normalized spacial score (nSPS) is 30.5. The Balaban J connectivity index is 1.37. The van der Waals surface area contributed by atoms with E-state index in [1.807, 2.05) is 31.2 Å². The number of nitrogens with zero attached hydrogens (tertiary/aromatic N) is 3. The number of hydrogen-bond acceptors (Lipinski definition) is 9. The molecule has 162 valence electrons. The van der Waals surface area contributed by atoms with Crippen LogP contribution in [0.4, 0.5) is 0 Å². The minimum Gasteiger partial charge on any atom is -0.468 e. The molecule has 0 saturated carbocycles. The number of carbonyl (C=O) groups excluding carboxylic acids is 2. The van der Waals surface area contributed by atoms with Gasteiger partial charge in [0.15, 0.2) is 17.9 Å². The van der Waals surface area contributed by atoms with Gasteiger partial charge in [-0.2, -0.15) is 0 Å². The van der Waals surface area contributed by atoms with E-state index < -0.39 is 23.7 Å². The van der Waals surface area contributed by atoms with Gasteiger partial charge in [-0.1, -0.05) is 18.2 Å². The smallest absolute Gasteiger partial charge is 0.238 e. The highest BCUT2D eigenvalue weighted by atomic mass is 16.5. The second kappa shape index (κ2) is 6.89. The molecule has 7 N–H and O–H groups in total. The summed E-state index contributed by atoms with van der Waals surface area (Å²) >= 11 is 0. The van der Waals surface area contributed by atoms with Gasteiger partial charge in [0.1, 0.15) is 23.2 Å². The van der Waals surface area contributed by atoms with E-state index in [-0.39, 0.29) is 17.8 Å². The number of nitrogens with one attached hydrogen (secondary N) is 3. The maximum Gasteiger partial charge on any atom is 0.238 e. The molecular formula is C20H24N8O3. The van der Waals surface area contributed by atoms with Crippen molar-refractivity contribution in [2.75, 3.05) is 13.1 Å². The number of fused-ring (bicyclic) bond motifs is 5. The van der Waals surface area contributed by atoms with Crippen LogP contribution in [0.25, 0.3) is 0 Å². The number of para-hydroxylation sites is 1. The highest BCUT2D eigenvalue weighted by Crippen LogP contribution is 2.49. The van der Waals surface area contributed by atoms with Crippen LogP contribution in [0.2, 0.25) is 0 Å². The van der Waals surface area contributed by atoms with Crippen molar-refractivity contribution < 1.29 is 14.3 Å². The van der Waals surface area contributed by atoms with Crippen molar-refractivity contribution in [3.8, 4) is 5.75 Å². The molecule has 0 radical (unpaired) electrons. The van der Waals surface area contributed by atoms with Crippen LogP contribution in [0.3, 0.4) is 0 Å². The number of ether oxygens (including phenoxy) is 1. The number of amides is 2. The Kier molecular flexibility index (Phi) is 4.27. The van der Waals surface area contributed by atoms with E-state index in [1.54, 1.807) is 11.2 Å². The standard InChI is InChI=1S/C20H24N8O3/c1-20-8-11(10-4-2-3-5-12(10)31-20)13(15(21)29)18(30)28(20)7-6-23-16-14-17(25-9-24-14)27-19(22)26-16/h2-5,9,11,13,17,23H,6-8H2,1H3,(H2,21,29)(H,24,25)(H3,22,26,27)/t11-,13-,17?,20-/m0/s1. The summed E-state index contributed by atoms with van der Waals surface area (Å²) in [5, 5.41) is 9.26. The van der Waals surface area contributed by atoms with Gasteiger partial charge in [0.05, 0.1) is 6.34 Å². The van der Waals surface area contributed by atoms with Gasteiger partial charge in [-0.3, -0.25) is 9.59 Å². The molecule has 1 fully saturated rings. The number of aliphatic imine (C=N–C) groups is 2. The third kappa shape index (κ3) is 3.04. The maximum atomic E-state index is 13.3. The van der Waals surface area contributed by atoms with Crippen molar-refractivity contribution in [1.82, 2.24) is 20.9 Å². The van der Waals surface area contributed by atoms with Crippen molar-refractivity contribution in [3.05, 3.63) is 41.3 Å². The summed E-state index contributed by atoms with van der Waals surface area (Å²) in [6.07, 6.45) is 1.65. The molecule has 4 aliphatic heterocycles. The van der Waals surface area contributed by atoms with Crippen LogP contribution in [0.5, 0.6) is 5.75 Å². The van der Waals surface area contributed by atoms with Gasteiger partial charge in [0, 0.05) is 25.4 Å². The molecule has 1 unspecified atom stereocenters. The van der Waals surface area contributed by atoms with Gasteiger partial charge in [0.2, 0.25) is 11.8 Å². The lowest BCUT2D eigenvalue weighted by atomic mass is 9.73. The molecule has 2 bridgehead atoms. The molecule has 31 heavy (non-hydrogen) atoms. The number of piperidine rings is 1. The van der Waals surface area contributed by atoms with Gasteiger partial charge in [-0.15, -0.1) is 0 Å². The van der Waals surface area contributed by atoms with E-state index >= 15 is 0 Å². The molecule has 0 aliphatic carbocycles. The molecule has 4 aliphatic rings. The molecule has 4 atom stereocenters. The summed E-state index contributed by atoms with van der Waals surface area (Å²) in [6, 6.07) is 7.49. The van der Waals surface area contributed by atoms with Gasteiger partial charge in [0.25, 0.3) is 0 Å². The van der Waals surface area contributed by atoms with Gasteiger partial charge in [-0.05, 0) is 18.6 Å². The van der Waals surface area contributed by atoms with Crippen molar-refractivity contribution in [3.63, 3.8) is 0 Å². The van der Waals surface area contributed by atoms with Crippen LogP contribution in [0.15, 0.2) is 45.8 Å². The largest absolute Gasteiger partial charge is 0.468 e. The number of primary amides is 1. The highest BCUT2D eigenvalue weighted by molar-refractivity contribution is 6.01. The molecule has 11 heteroatoms. The zero-order valence-corrected chi connectivity index (χ0v) is 17.0. The lowest BCUT2D eigenvalue weighted by Gasteiger charge is -2.52. The molecule has 4 heterocycles. The van der Waals surface area contributed by atoms with Gasteiger partial charge >= 0.3 is 0 Å². The summed E-state index contributed by atoms with van der Waals surface area (Å²) in [5.41, 5.74) is 12.2. The van der Waals surface area contributed by atoms with Crippen molar-refractivity contribution >= 4 is 24.1 Å². The molecule has 11 nitrogen and oxygen atoms in total. The SMILES string of the molecule is C[C@@]12C[C@@H](c3ccccc3O1)[C@@H](C(N)=O)C(=O)N2CCNC1=C2NC=NC2N=C(N)N1. The summed E-state index contributed by atoms with van der Waals surface area (Å²) in [7, 11) is 0. The zero-order chi connectivity index (χ0) is 21.8. The lowest BCUT2D eigenvalue weighted by Crippen LogP contribution is -2.65. The van der Waals surface area contributed by atoms with Crippen LogP contribution in [-0.2, 0) is 9.59 Å². The fourth-order valence-corrected chi connectivity index (χ4v) is 4.80. The first-order valence-electron chi connectivity index (χ1n) is 10.1. The summed E-state index contributed by atoms with van der Waals surface area (Å²) in [5.74, 6) is -0.597. The Labute approximate surface area is 178 Å². The number of hydrogen-bond donors (Lipinski definition) is 5. The van der Waals surface area contributed by atoms with E-state index in [2.05, 4.69) is 25.9 Å². The second-order valence-corrected chi connectivity index (χ2v) is 8.15. The van der Waals surface area contributed by atoms with Crippen LogP contribution >= 0.6 is 0 Å². The topological polar surface area (TPSA) is 159 Å². The molecule has 5 rings (SSSR count). The zero-order valence-electron chi connectivity index (χ0n) is 17.0. The van der Waals surface area contributed by atoms with E-state index in [4.69, 9.17) is 16.2 Å². The molecule has 1 aromatic rings. The first-order valence-corrected chi connectivity index (χ1v) is 10.1. The van der Waals surface area contributed by atoms with Gasteiger partial charge < -0.3 is 37.1 Å². The van der Waals surface area contributed by atoms with E-state index in [0.717, 1.165) is 11.3 Å². The minimum absolute atomic E-state index is 0.252. The summed E-state index contributed by atoms with van der Waals surface area (Å²) in [4.78, 5) is 35.6. The number of benzene rings is 1. The Morgan fingerprint density at radius 1 is 1.42 bits per heavy atom. The number of nitrogens with two attached hydrogens (primary N) is 2. The van der Waals surface area contributed by atoms with Crippen LogP contribution in [0, 0.1) is 5.92 Å². The van der Waals surface area contributed by atoms with E-state index in [1.165, 1.54) is 0 Å². The first-order chi connectivity index (χ1) is 14.9. The monoisotopic (exact) mass is 424 g/mol. The van der Waals surface area contributed by atoms with Gasteiger partial charge in [-0.25, -0.2) is 9.98 Å². The average Bonchev–Trinajstić information content (AvgIpc) is 3.18. The fourth-order valence-electron chi connectivity index (χ4n) is 4.80. The van der Waals surface area contributed by atoms with E-state index in [0.29, 0.717) is 31.1 Å². The lowest BCUT2D eigenvalue weighted by molar-refractivity contribution is -0.175. The molecule has 1 aromatic carbocycles. The van der Waals surface area contributed by atoms with Crippen LogP contribution in [-0.4, -0.2) is 54.0 Å². The molecule has 1 saturated heterocycles. The fraction of sp³-hybridized carbons (Fsp3) is 0.400. The predicted molar refractivity (Wildman–Crippen MR) is 112 cm³/mol. The highest BCUT2D eigenvalue weighted by Gasteiger charge is 2.55. The van der Waals surface area contributed by atoms with Crippen molar-refractivity contribution in [2.45, 2.75) is 31.2 Å². The van der Waals surface area contributed by atoms with Crippen LogP contribution in [0.1, 0.15) is 24.8 Å². The van der Waals surface area contributed by atoms with E-state index in [9.17, 15) is 9.59 Å². The quantitative estimate of drug-likeness (QED) is 0.373. The van der Waals surface area contributed by atoms with Crippen LogP contribution < -0.4 is 32.2 Å². The Hall–Kier alpha value is -3.76. The number of rotatable bonds is 5. The Bertz CT molecular complexity index is 1050. The maximum absolute atomic E-state index is 13.3. The first kappa shape index (κ1) is 19.2. The molecule has 2 amide bonds.